The minimum absolute atomic E-state index is 0.113. The molecule has 0 aromatic heterocycles. The van der Waals surface area contributed by atoms with E-state index in [1.807, 2.05) is 19.1 Å². The van der Waals surface area contributed by atoms with E-state index in [2.05, 4.69) is 38.1 Å². The first-order chi connectivity index (χ1) is 14.3. The Balaban J connectivity index is 1.43. The van der Waals surface area contributed by atoms with Crippen LogP contribution < -0.4 is 0 Å². The number of carbonyl (C=O) groups is 2. The van der Waals surface area contributed by atoms with Crippen molar-refractivity contribution in [3.8, 4) is 0 Å². The maximum atomic E-state index is 13.0. The lowest BCUT2D eigenvalue weighted by atomic mass is 9.46. The Bertz CT molecular complexity index is 883. The first kappa shape index (κ1) is 20.2. The third-order valence-electron chi connectivity index (χ3n) is 9.94. The predicted molar refractivity (Wildman–Crippen MR) is 120 cm³/mol. The summed E-state index contributed by atoms with van der Waals surface area (Å²) < 4.78 is 0. The molecular weight excluding hydrogens is 368 g/mol. The molecule has 0 spiro atoms. The molecule has 3 saturated carbocycles. The molecule has 4 aliphatic rings. The van der Waals surface area contributed by atoms with Gasteiger partial charge in [-0.2, -0.15) is 0 Å². The van der Waals surface area contributed by atoms with Crippen molar-refractivity contribution in [3.05, 3.63) is 47.5 Å². The summed E-state index contributed by atoms with van der Waals surface area (Å²) in [5, 5.41) is 0. The average molecular weight is 405 g/mol. The van der Waals surface area contributed by atoms with Crippen molar-refractivity contribution in [2.45, 2.75) is 72.1 Å². The zero-order chi connectivity index (χ0) is 21.1. The molecule has 0 heterocycles. The van der Waals surface area contributed by atoms with Crippen LogP contribution in [0.15, 0.2) is 42.0 Å². The number of fused-ring (bicyclic) bond motifs is 5. The van der Waals surface area contributed by atoms with Gasteiger partial charge in [-0.3, -0.25) is 9.59 Å². The van der Waals surface area contributed by atoms with E-state index in [9.17, 15) is 9.59 Å². The Kier molecular flexibility index (Phi) is 4.84. The molecule has 0 amide bonds. The number of benzene rings is 1. The van der Waals surface area contributed by atoms with Crippen LogP contribution in [-0.2, 0) is 16.0 Å². The fraction of sp³-hybridized carbons (Fsp3) is 0.643. The van der Waals surface area contributed by atoms with Crippen LogP contribution in [0, 0.1) is 40.4 Å². The Morgan fingerprint density at radius 3 is 2.53 bits per heavy atom. The van der Waals surface area contributed by atoms with Gasteiger partial charge < -0.3 is 0 Å². The van der Waals surface area contributed by atoms with Crippen LogP contribution in [-0.4, -0.2) is 11.6 Å². The summed E-state index contributed by atoms with van der Waals surface area (Å²) in [5.74, 6) is 3.23. The van der Waals surface area contributed by atoms with Gasteiger partial charge in [0, 0.05) is 11.8 Å². The Labute approximate surface area is 181 Å². The highest BCUT2D eigenvalue weighted by molar-refractivity contribution is 5.94. The largest absolute Gasteiger partial charge is 0.300 e. The summed E-state index contributed by atoms with van der Waals surface area (Å²) in [4.78, 5) is 25.4. The zero-order valence-corrected chi connectivity index (χ0v) is 18.8. The zero-order valence-electron chi connectivity index (χ0n) is 18.8. The first-order valence-corrected chi connectivity index (χ1v) is 12.1. The van der Waals surface area contributed by atoms with Gasteiger partial charge in [0.15, 0.2) is 5.78 Å². The minimum Gasteiger partial charge on any atom is -0.300 e. The number of hydrogen-bond acceptors (Lipinski definition) is 2. The van der Waals surface area contributed by atoms with Gasteiger partial charge in [0.2, 0.25) is 0 Å². The Morgan fingerprint density at radius 2 is 1.80 bits per heavy atom. The van der Waals surface area contributed by atoms with Crippen LogP contribution in [0.4, 0.5) is 0 Å². The monoisotopic (exact) mass is 404 g/mol. The molecule has 2 heteroatoms. The highest BCUT2D eigenvalue weighted by atomic mass is 16.1. The Morgan fingerprint density at radius 1 is 1.03 bits per heavy atom. The fourth-order valence-corrected chi connectivity index (χ4v) is 8.49. The predicted octanol–water partition coefficient (Wildman–Crippen LogP) is 6.19. The number of rotatable bonds is 3. The van der Waals surface area contributed by atoms with Gasteiger partial charge in [0.25, 0.3) is 0 Å². The average Bonchev–Trinajstić information content (AvgIpc) is 3.07. The summed E-state index contributed by atoms with van der Waals surface area (Å²) >= 11 is 0. The normalized spacial score (nSPS) is 42.7. The van der Waals surface area contributed by atoms with E-state index in [1.54, 1.807) is 0 Å². The van der Waals surface area contributed by atoms with E-state index >= 15 is 0 Å². The lowest BCUT2D eigenvalue weighted by molar-refractivity contribution is -0.129. The highest BCUT2D eigenvalue weighted by Crippen LogP contribution is 2.67. The van der Waals surface area contributed by atoms with Crippen molar-refractivity contribution in [2.75, 3.05) is 0 Å². The molecule has 1 aromatic carbocycles. The van der Waals surface area contributed by atoms with Crippen molar-refractivity contribution >= 4 is 11.6 Å². The van der Waals surface area contributed by atoms with Crippen LogP contribution in [0.3, 0.4) is 0 Å². The number of carbonyl (C=O) groups excluding carboxylic acids is 2. The molecule has 5 rings (SSSR count). The summed E-state index contributed by atoms with van der Waals surface area (Å²) in [6, 6.07) is 10.5. The van der Waals surface area contributed by atoms with Gasteiger partial charge >= 0.3 is 0 Å². The van der Waals surface area contributed by atoms with Crippen LogP contribution >= 0.6 is 0 Å². The molecule has 1 aromatic rings. The Hall–Kier alpha value is -1.70. The molecule has 0 saturated heterocycles. The standard InChI is InChI=1S/C28H36O2/c1-18(29)23-11-12-24-22-10-9-21-16-26(30)20(15-19-7-5-4-6-8-19)17-28(21,3)25(22)13-14-27(23,24)2/h4-8,16,20,22-25H,9-15,17H2,1-3H3/t20?,22-,23+,24-,25-,27+,28-/m0/s1. The van der Waals surface area contributed by atoms with E-state index in [1.165, 1.54) is 36.8 Å². The molecule has 0 aliphatic heterocycles. The van der Waals surface area contributed by atoms with Crippen molar-refractivity contribution in [1.82, 2.24) is 0 Å². The lowest BCUT2D eigenvalue weighted by Crippen LogP contribution is -2.52. The molecule has 160 valence electrons. The number of Topliss-reactive ketones (excluding diaryl/α,β-unsaturated/α-hetero) is 1. The first-order valence-electron chi connectivity index (χ1n) is 12.1. The number of ketones is 2. The molecular formula is C28H36O2. The van der Waals surface area contributed by atoms with E-state index in [0.29, 0.717) is 23.4 Å². The molecule has 0 bridgehead atoms. The van der Waals surface area contributed by atoms with Crippen LogP contribution in [0.1, 0.15) is 71.3 Å². The van der Waals surface area contributed by atoms with Gasteiger partial charge in [-0.05, 0) is 98.5 Å². The SMILES string of the molecule is CC(=O)[C@H]1CC[C@H]2[C@@H]3CCC4=CC(=O)C(Cc5ccccc5)C[C@]4(C)[C@H]3CC[C@]12C. The molecule has 7 atom stereocenters. The fourth-order valence-electron chi connectivity index (χ4n) is 8.49. The van der Waals surface area contributed by atoms with Crippen molar-refractivity contribution in [1.29, 1.82) is 0 Å². The topological polar surface area (TPSA) is 34.1 Å². The minimum atomic E-state index is 0.113. The van der Waals surface area contributed by atoms with Crippen LogP contribution in [0.2, 0.25) is 0 Å². The molecule has 0 N–H and O–H groups in total. The van der Waals surface area contributed by atoms with E-state index in [-0.39, 0.29) is 22.7 Å². The third-order valence-corrected chi connectivity index (χ3v) is 9.94. The van der Waals surface area contributed by atoms with E-state index in [0.717, 1.165) is 31.6 Å². The third kappa shape index (κ3) is 2.97. The van der Waals surface area contributed by atoms with Crippen LogP contribution in [0.25, 0.3) is 0 Å². The van der Waals surface area contributed by atoms with Gasteiger partial charge in [-0.15, -0.1) is 0 Å². The molecule has 3 fully saturated rings. The quantitative estimate of drug-likeness (QED) is 0.602. The number of hydrogen-bond donors (Lipinski definition) is 0. The molecule has 1 unspecified atom stereocenters. The van der Waals surface area contributed by atoms with Crippen LogP contribution in [0.5, 0.6) is 0 Å². The summed E-state index contributed by atoms with van der Waals surface area (Å²) in [5.41, 5.74) is 3.08. The van der Waals surface area contributed by atoms with Gasteiger partial charge in [0.05, 0.1) is 0 Å². The molecule has 0 radical (unpaired) electrons. The maximum absolute atomic E-state index is 13.0. The van der Waals surface area contributed by atoms with Gasteiger partial charge in [-0.1, -0.05) is 49.8 Å². The van der Waals surface area contributed by atoms with E-state index in [4.69, 9.17) is 0 Å². The lowest BCUT2D eigenvalue weighted by Gasteiger charge is -2.58. The smallest absolute Gasteiger partial charge is 0.159 e. The second-order valence-electron chi connectivity index (χ2n) is 11.3. The summed E-state index contributed by atoms with van der Waals surface area (Å²) in [6.45, 7) is 6.71. The van der Waals surface area contributed by atoms with Crippen molar-refractivity contribution < 1.29 is 9.59 Å². The highest BCUT2D eigenvalue weighted by Gasteiger charge is 2.60. The maximum Gasteiger partial charge on any atom is 0.159 e. The summed E-state index contributed by atoms with van der Waals surface area (Å²) in [6.07, 6.45) is 10.9. The molecule has 4 aliphatic carbocycles. The summed E-state index contributed by atoms with van der Waals surface area (Å²) in [7, 11) is 0. The van der Waals surface area contributed by atoms with Crippen molar-refractivity contribution in [2.24, 2.45) is 40.4 Å². The second-order valence-corrected chi connectivity index (χ2v) is 11.3. The van der Waals surface area contributed by atoms with Crippen molar-refractivity contribution in [3.63, 3.8) is 0 Å². The van der Waals surface area contributed by atoms with Gasteiger partial charge in [-0.25, -0.2) is 0 Å². The number of allylic oxidation sites excluding steroid dienone is 1. The van der Waals surface area contributed by atoms with Gasteiger partial charge in [0.1, 0.15) is 5.78 Å². The second kappa shape index (κ2) is 7.18. The molecule has 30 heavy (non-hydrogen) atoms. The van der Waals surface area contributed by atoms with E-state index < -0.39 is 0 Å². The molecule has 2 nitrogen and oxygen atoms in total.